The van der Waals surface area contributed by atoms with Gasteiger partial charge < -0.3 is 10.4 Å². The minimum absolute atomic E-state index is 0.0837. The monoisotopic (exact) mass is 431 g/mol. The van der Waals surface area contributed by atoms with Gasteiger partial charge in [-0.3, -0.25) is 9.59 Å². The van der Waals surface area contributed by atoms with E-state index >= 15 is 0 Å². The molecular formula is C18H14BrN3O3S. The highest BCUT2D eigenvalue weighted by Gasteiger charge is 2.32. The van der Waals surface area contributed by atoms with Gasteiger partial charge >= 0.3 is 0 Å². The predicted molar refractivity (Wildman–Crippen MR) is 106 cm³/mol. The van der Waals surface area contributed by atoms with Crippen LogP contribution in [0.1, 0.15) is 22.3 Å². The van der Waals surface area contributed by atoms with Crippen LogP contribution in [-0.4, -0.2) is 33.4 Å². The van der Waals surface area contributed by atoms with E-state index in [0.29, 0.717) is 16.3 Å². The molecule has 2 N–H and O–H groups in total. The van der Waals surface area contributed by atoms with Crippen molar-refractivity contribution in [1.82, 2.24) is 5.32 Å². The van der Waals surface area contributed by atoms with Crippen molar-refractivity contribution < 1.29 is 14.7 Å². The number of hydrogen-bond donors (Lipinski definition) is 2. The average molecular weight is 432 g/mol. The van der Waals surface area contributed by atoms with Gasteiger partial charge in [-0.25, -0.2) is 0 Å². The van der Waals surface area contributed by atoms with Gasteiger partial charge in [0, 0.05) is 22.0 Å². The van der Waals surface area contributed by atoms with Crippen molar-refractivity contribution in [3.63, 3.8) is 0 Å². The Hall–Kier alpha value is -2.45. The summed E-state index contributed by atoms with van der Waals surface area (Å²) in [6.45, 7) is 0. The number of phenolic OH excluding ortho intramolecular Hbond substituents is 1. The molecule has 1 aliphatic heterocycles. The lowest BCUT2D eigenvalue weighted by atomic mass is 10.1. The maximum atomic E-state index is 12.3. The number of benzene rings is 2. The van der Waals surface area contributed by atoms with E-state index in [2.05, 4.69) is 31.4 Å². The Bertz CT molecular complexity index is 897. The summed E-state index contributed by atoms with van der Waals surface area (Å²) >= 11 is 4.49. The minimum atomic E-state index is -0.537. The lowest BCUT2D eigenvalue weighted by molar-refractivity contribution is -0.118. The van der Waals surface area contributed by atoms with E-state index in [9.17, 15) is 14.7 Å². The molecule has 26 heavy (non-hydrogen) atoms. The Labute approximate surface area is 162 Å². The van der Waals surface area contributed by atoms with Crippen LogP contribution in [0.4, 0.5) is 0 Å². The summed E-state index contributed by atoms with van der Waals surface area (Å²) in [5, 5.41) is 19.9. The van der Waals surface area contributed by atoms with Crippen LogP contribution in [0.15, 0.2) is 63.2 Å². The second-order valence-corrected chi connectivity index (χ2v) is 7.55. The predicted octanol–water partition coefficient (Wildman–Crippen LogP) is 3.35. The number of Topliss-reactive ketones (excluding diaryl/α,β-unsaturated/α-hetero) is 1. The van der Waals surface area contributed by atoms with Crippen molar-refractivity contribution in [1.29, 1.82) is 0 Å². The number of halogens is 1. The van der Waals surface area contributed by atoms with E-state index in [1.807, 2.05) is 0 Å². The Morgan fingerprint density at radius 3 is 2.69 bits per heavy atom. The first-order chi connectivity index (χ1) is 12.5. The summed E-state index contributed by atoms with van der Waals surface area (Å²) in [4.78, 5) is 24.3. The van der Waals surface area contributed by atoms with Gasteiger partial charge in [0.2, 0.25) is 5.91 Å². The van der Waals surface area contributed by atoms with Crippen LogP contribution in [0.25, 0.3) is 0 Å². The number of thioether (sulfide) groups is 1. The molecule has 2 aromatic carbocycles. The smallest absolute Gasteiger partial charge is 0.240 e. The number of nitrogens with zero attached hydrogens (tertiary/aromatic N) is 2. The van der Waals surface area contributed by atoms with Crippen LogP contribution in [0.2, 0.25) is 0 Å². The molecule has 0 aromatic heterocycles. The lowest BCUT2D eigenvalue weighted by Crippen LogP contribution is -2.26. The van der Waals surface area contributed by atoms with E-state index in [1.165, 1.54) is 18.0 Å². The number of nitrogens with one attached hydrogen (secondary N) is 1. The fraction of sp³-hybridized carbons (Fsp3) is 0.111. The molecule has 1 amide bonds. The van der Waals surface area contributed by atoms with Gasteiger partial charge in [-0.15, -0.1) is 5.10 Å². The molecule has 0 bridgehead atoms. The molecular weight excluding hydrogens is 418 g/mol. The molecule has 1 saturated heterocycles. The third-order valence-corrected chi connectivity index (χ3v) is 5.20. The molecule has 0 radical (unpaired) electrons. The second kappa shape index (κ2) is 8.29. The number of amides is 1. The number of para-hydroxylation sites is 1. The Morgan fingerprint density at radius 1 is 1.23 bits per heavy atom. The van der Waals surface area contributed by atoms with Gasteiger partial charge in [-0.2, -0.15) is 5.10 Å². The molecule has 1 fully saturated rings. The first-order valence-electron chi connectivity index (χ1n) is 7.68. The van der Waals surface area contributed by atoms with Gasteiger partial charge in [-0.1, -0.05) is 52.0 Å². The van der Waals surface area contributed by atoms with Crippen LogP contribution in [0, 0.1) is 0 Å². The molecule has 0 aliphatic carbocycles. The van der Waals surface area contributed by atoms with Crippen LogP contribution in [-0.2, 0) is 4.79 Å². The SMILES string of the molecule is O=C(CC1SC(=NN=Cc2ccccc2O)NC1=O)c1ccc(Br)cc1. The zero-order valence-corrected chi connectivity index (χ0v) is 15.8. The maximum absolute atomic E-state index is 12.3. The van der Waals surface area contributed by atoms with Gasteiger partial charge in [-0.05, 0) is 24.3 Å². The summed E-state index contributed by atoms with van der Waals surface area (Å²) in [6.07, 6.45) is 1.48. The van der Waals surface area contributed by atoms with Crippen LogP contribution in [0.5, 0.6) is 5.75 Å². The highest BCUT2D eigenvalue weighted by Crippen LogP contribution is 2.24. The number of rotatable bonds is 5. The quantitative estimate of drug-likeness (QED) is 0.431. The summed E-state index contributed by atoms with van der Waals surface area (Å²) < 4.78 is 0.888. The molecule has 6 nitrogen and oxygen atoms in total. The maximum Gasteiger partial charge on any atom is 0.240 e. The summed E-state index contributed by atoms with van der Waals surface area (Å²) in [5.41, 5.74) is 1.08. The van der Waals surface area contributed by atoms with E-state index in [1.54, 1.807) is 48.5 Å². The number of ketones is 1. The molecule has 3 rings (SSSR count). The van der Waals surface area contributed by atoms with Gasteiger partial charge in [0.05, 0.1) is 11.5 Å². The molecule has 2 aromatic rings. The van der Waals surface area contributed by atoms with Crippen molar-refractivity contribution in [3.05, 3.63) is 64.1 Å². The Balaban J connectivity index is 1.62. The van der Waals surface area contributed by atoms with Crippen LogP contribution < -0.4 is 5.32 Å². The number of aromatic hydroxyl groups is 1. The van der Waals surface area contributed by atoms with Gasteiger partial charge in [0.1, 0.15) is 5.75 Å². The van der Waals surface area contributed by atoms with Crippen molar-refractivity contribution in [2.45, 2.75) is 11.7 Å². The van der Waals surface area contributed by atoms with Crippen LogP contribution in [0.3, 0.4) is 0 Å². The zero-order chi connectivity index (χ0) is 18.5. The number of hydrogen-bond acceptors (Lipinski definition) is 6. The largest absolute Gasteiger partial charge is 0.507 e. The third-order valence-electron chi connectivity index (χ3n) is 3.60. The molecule has 0 spiro atoms. The number of amidine groups is 1. The normalized spacial score (nSPS) is 18.4. The van der Waals surface area contributed by atoms with Gasteiger partial charge in [0.25, 0.3) is 0 Å². The topological polar surface area (TPSA) is 91.1 Å². The number of phenols is 1. The van der Waals surface area contributed by atoms with Gasteiger partial charge in [0.15, 0.2) is 11.0 Å². The van der Waals surface area contributed by atoms with Crippen molar-refractivity contribution >= 4 is 50.8 Å². The Kier molecular flexibility index (Phi) is 5.85. The molecule has 8 heteroatoms. The number of carbonyl (C=O) groups excluding carboxylic acids is 2. The first kappa shape index (κ1) is 18.3. The summed E-state index contributed by atoms with van der Waals surface area (Å²) in [5.74, 6) is -0.279. The zero-order valence-electron chi connectivity index (χ0n) is 13.4. The van der Waals surface area contributed by atoms with E-state index in [0.717, 1.165) is 4.47 Å². The van der Waals surface area contributed by atoms with Crippen molar-refractivity contribution in [2.75, 3.05) is 0 Å². The highest BCUT2D eigenvalue weighted by atomic mass is 79.9. The summed E-state index contributed by atoms with van der Waals surface area (Å²) in [7, 11) is 0. The molecule has 1 heterocycles. The molecule has 132 valence electrons. The lowest BCUT2D eigenvalue weighted by Gasteiger charge is -2.04. The highest BCUT2D eigenvalue weighted by molar-refractivity contribution is 9.10. The third kappa shape index (κ3) is 4.59. The average Bonchev–Trinajstić information content (AvgIpc) is 2.96. The molecule has 1 atom stereocenters. The van der Waals surface area contributed by atoms with Crippen LogP contribution >= 0.6 is 27.7 Å². The second-order valence-electron chi connectivity index (χ2n) is 5.44. The van der Waals surface area contributed by atoms with E-state index in [4.69, 9.17) is 0 Å². The van der Waals surface area contributed by atoms with Crippen molar-refractivity contribution in [3.8, 4) is 5.75 Å². The van der Waals surface area contributed by atoms with E-state index in [-0.39, 0.29) is 23.9 Å². The standard InChI is InChI=1S/C18H14BrN3O3S/c19-13-7-5-11(6-8-13)15(24)9-16-17(25)21-18(26-16)22-20-10-12-3-1-2-4-14(12)23/h1-8,10,16,23H,9H2,(H,21,22,25). The fourth-order valence-corrected chi connectivity index (χ4v) is 3.44. The molecule has 1 aliphatic rings. The minimum Gasteiger partial charge on any atom is -0.507 e. The fourth-order valence-electron chi connectivity index (χ4n) is 2.25. The number of carbonyl (C=O) groups is 2. The first-order valence-corrected chi connectivity index (χ1v) is 9.35. The molecule has 1 unspecified atom stereocenters. The molecule has 0 saturated carbocycles. The van der Waals surface area contributed by atoms with Crippen molar-refractivity contribution in [2.24, 2.45) is 10.2 Å². The summed E-state index contributed by atoms with van der Waals surface area (Å²) in [6, 6.07) is 13.7. The van der Waals surface area contributed by atoms with E-state index < -0.39 is 5.25 Å². The Morgan fingerprint density at radius 2 is 1.96 bits per heavy atom.